The van der Waals surface area contributed by atoms with Gasteiger partial charge in [0.1, 0.15) is 0 Å². The van der Waals surface area contributed by atoms with Crippen molar-refractivity contribution >= 4 is 26.7 Å². The molecular formula is C16H17BrN4. The van der Waals surface area contributed by atoms with Gasteiger partial charge in [0.2, 0.25) is 0 Å². The quantitative estimate of drug-likeness (QED) is 0.787. The molecule has 1 aromatic carbocycles. The molecule has 0 aliphatic carbocycles. The summed E-state index contributed by atoms with van der Waals surface area (Å²) in [6, 6.07) is 10.4. The highest BCUT2D eigenvalue weighted by atomic mass is 79.9. The minimum atomic E-state index is -0.00655. The van der Waals surface area contributed by atoms with Crippen LogP contribution >= 0.6 is 15.9 Å². The van der Waals surface area contributed by atoms with Crippen molar-refractivity contribution in [1.82, 2.24) is 20.1 Å². The minimum absolute atomic E-state index is 0.00655. The van der Waals surface area contributed by atoms with Crippen LogP contribution in [-0.4, -0.2) is 21.8 Å². The Morgan fingerprint density at radius 3 is 2.86 bits per heavy atom. The molecule has 0 bridgehead atoms. The molecule has 3 aromatic rings. The fraction of sp³-hybridized carbons (Fsp3) is 0.250. The molecule has 1 unspecified atom stereocenters. The van der Waals surface area contributed by atoms with Crippen molar-refractivity contribution in [3.05, 3.63) is 58.6 Å². The van der Waals surface area contributed by atoms with Gasteiger partial charge in [-0.05, 0) is 41.4 Å². The zero-order chi connectivity index (χ0) is 14.8. The molecule has 0 aliphatic heterocycles. The van der Waals surface area contributed by atoms with E-state index in [2.05, 4.69) is 50.4 Å². The van der Waals surface area contributed by atoms with Crippen LogP contribution in [0.1, 0.15) is 24.4 Å². The number of nitrogens with one attached hydrogen (secondary N) is 1. The van der Waals surface area contributed by atoms with Crippen molar-refractivity contribution in [1.29, 1.82) is 0 Å². The van der Waals surface area contributed by atoms with Crippen LogP contribution < -0.4 is 5.32 Å². The van der Waals surface area contributed by atoms with Crippen LogP contribution in [-0.2, 0) is 6.54 Å². The number of hydrogen-bond donors (Lipinski definition) is 1. The number of nitrogens with zero attached hydrogens (tertiary/aromatic N) is 3. The number of rotatable bonds is 4. The third-order valence-corrected chi connectivity index (χ3v) is 4.28. The Morgan fingerprint density at radius 2 is 2.10 bits per heavy atom. The second kappa shape index (κ2) is 5.95. The van der Waals surface area contributed by atoms with Gasteiger partial charge in [0, 0.05) is 18.1 Å². The van der Waals surface area contributed by atoms with Crippen LogP contribution in [0.5, 0.6) is 0 Å². The normalized spacial score (nSPS) is 12.7. The van der Waals surface area contributed by atoms with E-state index in [0.29, 0.717) is 0 Å². The lowest BCUT2D eigenvalue weighted by Gasteiger charge is -2.19. The third-order valence-electron chi connectivity index (χ3n) is 3.67. The number of aromatic nitrogens is 3. The molecular weight excluding hydrogens is 328 g/mol. The number of halogens is 1. The molecule has 1 N–H and O–H groups in total. The molecule has 0 spiro atoms. The van der Waals surface area contributed by atoms with Gasteiger partial charge < -0.3 is 5.32 Å². The molecule has 2 heterocycles. The van der Waals surface area contributed by atoms with Gasteiger partial charge in [-0.15, -0.1) is 0 Å². The second-order valence-electron chi connectivity index (χ2n) is 4.83. The number of pyridine rings is 1. The fourth-order valence-electron chi connectivity index (χ4n) is 2.69. The standard InChI is InChI=1S/C16H17BrN4/c1-3-21-16(13(17)10-20-21)15(18-2)14-12-7-5-4-6-11(12)8-9-19-14/h4-10,15,18H,3H2,1-2H3. The summed E-state index contributed by atoms with van der Waals surface area (Å²) in [5, 5.41) is 10.1. The van der Waals surface area contributed by atoms with Gasteiger partial charge >= 0.3 is 0 Å². The van der Waals surface area contributed by atoms with Gasteiger partial charge in [0.15, 0.2) is 0 Å². The van der Waals surface area contributed by atoms with E-state index in [1.54, 1.807) is 0 Å². The average molecular weight is 345 g/mol. The molecule has 0 fully saturated rings. The zero-order valence-corrected chi connectivity index (χ0v) is 13.6. The summed E-state index contributed by atoms with van der Waals surface area (Å²) in [4.78, 5) is 4.63. The summed E-state index contributed by atoms with van der Waals surface area (Å²) in [7, 11) is 1.95. The fourth-order valence-corrected chi connectivity index (χ4v) is 3.21. The summed E-state index contributed by atoms with van der Waals surface area (Å²) in [5.41, 5.74) is 2.12. The highest BCUT2D eigenvalue weighted by Crippen LogP contribution is 2.31. The van der Waals surface area contributed by atoms with E-state index in [0.717, 1.165) is 27.8 Å². The van der Waals surface area contributed by atoms with E-state index < -0.39 is 0 Å². The summed E-state index contributed by atoms with van der Waals surface area (Å²) in [6.07, 6.45) is 3.71. The second-order valence-corrected chi connectivity index (χ2v) is 5.69. The molecule has 2 aromatic heterocycles. The molecule has 21 heavy (non-hydrogen) atoms. The highest BCUT2D eigenvalue weighted by Gasteiger charge is 2.22. The maximum Gasteiger partial charge on any atom is 0.0937 e. The summed E-state index contributed by atoms with van der Waals surface area (Å²) in [6.45, 7) is 2.91. The number of fused-ring (bicyclic) bond motifs is 1. The molecule has 4 nitrogen and oxygen atoms in total. The van der Waals surface area contributed by atoms with Gasteiger partial charge in [0.25, 0.3) is 0 Å². The minimum Gasteiger partial charge on any atom is -0.307 e. The van der Waals surface area contributed by atoms with Crippen molar-refractivity contribution in [3.8, 4) is 0 Å². The third kappa shape index (κ3) is 2.47. The van der Waals surface area contributed by atoms with Crippen LogP contribution in [0.3, 0.4) is 0 Å². The van der Waals surface area contributed by atoms with Gasteiger partial charge in [-0.25, -0.2) is 0 Å². The predicted molar refractivity (Wildman–Crippen MR) is 88.2 cm³/mol. The molecule has 5 heteroatoms. The molecule has 0 amide bonds. The maximum atomic E-state index is 4.63. The van der Waals surface area contributed by atoms with Crippen LogP contribution in [0.4, 0.5) is 0 Å². The average Bonchev–Trinajstić information content (AvgIpc) is 2.90. The molecule has 0 radical (unpaired) electrons. The Balaban J connectivity index is 2.21. The summed E-state index contributed by atoms with van der Waals surface area (Å²) in [5.74, 6) is 0. The van der Waals surface area contributed by atoms with Gasteiger partial charge in [-0.3, -0.25) is 9.67 Å². The lowest BCUT2D eigenvalue weighted by atomic mass is 10.0. The molecule has 0 saturated heterocycles. The van der Waals surface area contributed by atoms with Crippen molar-refractivity contribution in [2.24, 2.45) is 0 Å². The molecule has 1 atom stereocenters. The molecule has 108 valence electrons. The molecule has 3 rings (SSSR count). The van der Waals surface area contributed by atoms with E-state index in [1.165, 1.54) is 5.39 Å². The van der Waals surface area contributed by atoms with Crippen molar-refractivity contribution in [2.75, 3.05) is 7.05 Å². The Kier molecular flexibility index (Phi) is 4.03. The Morgan fingerprint density at radius 1 is 1.29 bits per heavy atom. The first kappa shape index (κ1) is 14.2. The van der Waals surface area contributed by atoms with E-state index in [1.807, 2.05) is 42.3 Å². The number of benzene rings is 1. The summed E-state index contributed by atoms with van der Waals surface area (Å²) >= 11 is 3.61. The van der Waals surface area contributed by atoms with Crippen LogP contribution in [0.15, 0.2) is 47.2 Å². The first-order valence-electron chi connectivity index (χ1n) is 6.98. The van der Waals surface area contributed by atoms with E-state index in [9.17, 15) is 0 Å². The topological polar surface area (TPSA) is 42.7 Å². The van der Waals surface area contributed by atoms with Crippen molar-refractivity contribution < 1.29 is 0 Å². The molecule has 0 saturated carbocycles. The van der Waals surface area contributed by atoms with Crippen LogP contribution in [0.2, 0.25) is 0 Å². The van der Waals surface area contributed by atoms with Crippen LogP contribution in [0, 0.1) is 0 Å². The van der Waals surface area contributed by atoms with E-state index in [4.69, 9.17) is 0 Å². The number of aryl methyl sites for hydroxylation is 1. The van der Waals surface area contributed by atoms with Gasteiger partial charge in [-0.1, -0.05) is 24.3 Å². The van der Waals surface area contributed by atoms with Crippen molar-refractivity contribution in [2.45, 2.75) is 19.5 Å². The van der Waals surface area contributed by atoms with E-state index >= 15 is 0 Å². The maximum absolute atomic E-state index is 4.63. The van der Waals surface area contributed by atoms with E-state index in [-0.39, 0.29) is 6.04 Å². The van der Waals surface area contributed by atoms with Gasteiger partial charge in [-0.2, -0.15) is 5.10 Å². The first-order chi connectivity index (χ1) is 10.3. The Hall–Kier alpha value is -1.72. The predicted octanol–water partition coefficient (Wildman–Crippen LogP) is 3.52. The zero-order valence-electron chi connectivity index (χ0n) is 12.0. The lowest BCUT2D eigenvalue weighted by Crippen LogP contribution is -2.23. The van der Waals surface area contributed by atoms with Crippen molar-refractivity contribution in [3.63, 3.8) is 0 Å². The Bertz CT molecular complexity index is 761. The molecule has 0 aliphatic rings. The SMILES string of the molecule is CCn1ncc(Br)c1C(NC)c1nccc2ccccc12. The van der Waals surface area contributed by atoms with Crippen LogP contribution in [0.25, 0.3) is 10.8 Å². The first-order valence-corrected chi connectivity index (χ1v) is 7.77. The summed E-state index contributed by atoms with van der Waals surface area (Å²) < 4.78 is 2.99. The number of hydrogen-bond acceptors (Lipinski definition) is 3. The highest BCUT2D eigenvalue weighted by molar-refractivity contribution is 9.10. The van der Waals surface area contributed by atoms with Gasteiger partial charge in [0.05, 0.1) is 28.1 Å². The smallest absolute Gasteiger partial charge is 0.0937 e. The largest absolute Gasteiger partial charge is 0.307 e. The lowest BCUT2D eigenvalue weighted by molar-refractivity contribution is 0.556. The Labute approximate surface area is 132 Å². The monoisotopic (exact) mass is 344 g/mol.